The normalized spacial score (nSPS) is 16.9. The zero-order valence-electron chi connectivity index (χ0n) is 21.4. The predicted molar refractivity (Wildman–Crippen MR) is 147 cm³/mol. The maximum Gasteiger partial charge on any atom is 0.303 e. The van der Waals surface area contributed by atoms with Crippen LogP contribution in [0.2, 0.25) is 5.02 Å². The summed E-state index contributed by atoms with van der Waals surface area (Å²) in [5.41, 5.74) is 0.986. The number of furan rings is 1. The number of carboxylic acids is 1. The number of thiazole rings is 1. The first-order valence-electron chi connectivity index (χ1n) is 12.5. The molecule has 40 heavy (non-hydrogen) atoms. The van der Waals surface area contributed by atoms with Gasteiger partial charge in [-0.15, -0.1) is 11.3 Å². The van der Waals surface area contributed by atoms with Crippen LogP contribution >= 0.6 is 22.9 Å². The monoisotopic (exact) mass is 585 g/mol. The Bertz CT molecular complexity index is 1590. The third-order valence-electron chi connectivity index (χ3n) is 6.81. The molecule has 12 heteroatoms. The lowest BCUT2D eigenvalue weighted by molar-refractivity contribution is -0.137. The van der Waals surface area contributed by atoms with Gasteiger partial charge in [-0.1, -0.05) is 29.8 Å². The van der Waals surface area contributed by atoms with E-state index in [1.54, 1.807) is 42.5 Å². The molecule has 208 valence electrons. The topological polar surface area (TPSA) is 122 Å². The number of nitrogens with zero attached hydrogens (tertiary/aromatic N) is 2. The second-order valence-corrected chi connectivity index (χ2v) is 11.0. The van der Waals surface area contributed by atoms with E-state index in [4.69, 9.17) is 25.9 Å². The second-order valence-electron chi connectivity index (χ2n) is 9.41. The van der Waals surface area contributed by atoms with Crippen LogP contribution in [0.5, 0.6) is 0 Å². The summed E-state index contributed by atoms with van der Waals surface area (Å²) in [5.74, 6) is -2.42. The van der Waals surface area contributed by atoms with E-state index in [2.05, 4.69) is 10.3 Å². The zero-order valence-corrected chi connectivity index (χ0v) is 22.9. The van der Waals surface area contributed by atoms with Crippen molar-refractivity contribution in [2.45, 2.75) is 37.8 Å². The largest absolute Gasteiger partial charge is 0.481 e. The van der Waals surface area contributed by atoms with Crippen molar-refractivity contribution >= 4 is 57.4 Å². The minimum Gasteiger partial charge on any atom is -0.481 e. The molecular weight excluding hydrogens is 561 g/mol. The third kappa shape index (κ3) is 5.86. The molecule has 0 unspecified atom stereocenters. The van der Waals surface area contributed by atoms with Gasteiger partial charge >= 0.3 is 5.97 Å². The number of carboxylic acid groups (broad SMARTS) is 1. The van der Waals surface area contributed by atoms with E-state index in [-0.39, 0.29) is 52.7 Å². The number of aliphatic carboxylic acids is 1. The van der Waals surface area contributed by atoms with Crippen molar-refractivity contribution in [2.75, 3.05) is 19.0 Å². The average molecular weight is 586 g/mol. The number of ether oxygens (including phenoxy) is 1. The van der Waals surface area contributed by atoms with Crippen LogP contribution in [0.4, 0.5) is 10.1 Å². The molecule has 3 heterocycles. The van der Waals surface area contributed by atoms with Crippen LogP contribution in [0.15, 0.2) is 53.3 Å². The molecule has 1 aliphatic heterocycles. The lowest BCUT2D eigenvalue weighted by Crippen LogP contribution is -2.33. The Hall–Kier alpha value is -3.80. The van der Waals surface area contributed by atoms with Crippen LogP contribution in [0, 0.1) is 5.82 Å². The van der Waals surface area contributed by atoms with Crippen LogP contribution in [-0.4, -0.2) is 52.5 Å². The number of nitrogens with one attached hydrogen (secondary N) is 1. The standard InChI is InChI=1S/C28H25ClFN3O6S/c1-38-16-10-23(28-31-12-17(40-28)6-7-26(35)36)33(13-16)25(34)9-15-8-20(29)22(11-21(15)30)32-27(37)19-14-39-24-5-3-2-4-18(19)24/h2-5,8,11-12,14,16,23H,6-7,9-10,13H2,1H3,(H,32,37)(H,35,36)/t16-,23-/m0/s1. The SMILES string of the molecule is CO[C@H]1C[C@@H](c2ncc(CCC(=O)O)s2)N(C(=O)Cc2cc(Cl)c(NC(=O)c3coc4ccccc34)cc2F)C1. The minimum atomic E-state index is -0.895. The van der Waals surface area contributed by atoms with Gasteiger partial charge in [0.2, 0.25) is 5.91 Å². The summed E-state index contributed by atoms with van der Waals surface area (Å²) in [4.78, 5) is 44.0. The smallest absolute Gasteiger partial charge is 0.303 e. The highest BCUT2D eigenvalue weighted by Crippen LogP contribution is 2.37. The number of aryl methyl sites for hydroxylation is 1. The zero-order chi connectivity index (χ0) is 28.4. The number of carbonyl (C=O) groups is 3. The van der Waals surface area contributed by atoms with E-state index < -0.39 is 17.7 Å². The molecule has 0 saturated carbocycles. The number of carbonyl (C=O) groups excluding carboxylic acids is 2. The number of aromatic nitrogens is 1. The van der Waals surface area contributed by atoms with Crippen molar-refractivity contribution in [1.82, 2.24) is 9.88 Å². The number of amides is 2. The van der Waals surface area contributed by atoms with Gasteiger partial charge in [-0.05, 0) is 30.2 Å². The fourth-order valence-electron chi connectivity index (χ4n) is 4.73. The number of halogens is 2. The molecule has 2 aromatic carbocycles. The van der Waals surface area contributed by atoms with E-state index in [9.17, 15) is 14.4 Å². The molecule has 2 N–H and O–H groups in total. The summed E-state index contributed by atoms with van der Waals surface area (Å²) in [7, 11) is 1.56. The fourth-order valence-corrected chi connectivity index (χ4v) is 6.00. The molecule has 0 aliphatic carbocycles. The van der Waals surface area contributed by atoms with E-state index in [0.717, 1.165) is 10.9 Å². The van der Waals surface area contributed by atoms with Gasteiger partial charge < -0.3 is 24.5 Å². The summed E-state index contributed by atoms with van der Waals surface area (Å²) in [5, 5.41) is 12.9. The van der Waals surface area contributed by atoms with Crippen LogP contribution in [0.1, 0.15) is 44.7 Å². The van der Waals surface area contributed by atoms with Crippen molar-refractivity contribution in [3.8, 4) is 0 Å². The number of fused-ring (bicyclic) bond motifs is 1. The Labute approximate surface area is 237 Å². The number of rotatable bonds is 9. The number of methoxy groups -OCH3 is 1. The molecule has 1 fully saturated rings. The molecule has 1 aliphatic rings. The number of para-hydroxylation sites is 1. The van der Waals surface area contributed by atoms with Crippen molar-refractivity contribution < 1.29 is 33.0 Å². The fraction of sp³-hybridized carbons (Fsp3) is 0.286. The van der Waals surface area contributed by atoms with E-state index in [0.29, 0.717) is 35.4 Å². The molecule has 2 aromatic heterocycles. The number of anilines is 1. The van der Waals surface area contributed by atoms with Gasteiger partial charge in [0, 0.05) is 36.5 Å². The Kier molecular flexibility index (Phi) is 8.15. The first kappa shape index (κ1) is 27.8. The Morgan fingerprint density at radius 2 is 2.10 bits per heavy atom. The van der Waals surface area contributed by atoms with Gasteiger partial charge in [0.1, 0.15) is 22.7 Å². The Morgan fingerprint density at radius 1 is 1.30 bits per heavy atom. The quantitative estimate of drug-likeness (QED) is 0.267. The van der Waals surface area contributed by atoms with E-state index in [1.807, 2.05) is 0 Å². The lowest BCUT2D eigenvalue weighted by Gasteiger charge is -2.23. The van der Waals surface area contributed by atoms with Crippen LogP contribution in [0.25, 0.3) is 11.0 Å². The Morgan fingerprint density at radius 3 is 2.88 bits per heavy atom. The third-order valence-corrected chi connectivity index (χ3v) is 8.28. The van der Waals surface area contributed by atoms with Crippen molar-refractivity contribution in [1.29, 1.82) is 0 Å². The average Bonchev–Trinajstić information content (AvgIpc) is 3.68. The first-order chi connectivity index (χ1) is 19.2. The molecule has 2 amide bonds. The molecule has 4 aromatic rings. The molecule has 0 bridgehead atoms. The van der Waals surface area contributed by atoms with Crippen molar-refractivity contribution in [3.05, 3.63) is 80.7 Å². The highest BCUT2D eigenvalue weighted by Gasteiger charge is 2.38. The number of benzene rings is 2. The van der Waals surface area contributed by atoms with Gasteiger partial charge in [-0.3, -0.25) is 14.4 Å². The Balaban J connectivity index is 1.30. The molecule has 0 spiro atoms. The highest BCUT2D eigenvalue weighted by molar-refractivity contribution is 7.11. The van der Waals surface area contributed by atoms with E-state index in [1.165, 1.54) is 23.7 Å². The molecule has 5 rings (SSSR count). The van der Waals surface area contributed by atoms with Crippen LogP contribution < -0.4 is 5.32 Å². The van der Waals surface area contributed by atoms with Gasteiger partial charge in [-0.2, -0.15) is 0 Å². The second kappa shape index (κ2) is 11.7. The maximum atomic E-state index is 15.2. The molecule has 0 radical (unpaired) electrons. The van der Waals surface area contributed by atoms with Crippen LogP contribution in [0.3, 0.4) is 0 Å². The molecular formula is C28H25ClFN3O6S. The van der Waals surface area contributed by atoms with Gasteiger partial charge in [0.25, 0.3) is 5.91 Å². The number of hydrogen-bond donors (Lipinski definition) is 2. The maximum absolute atomic E-state index is 15.2. The summed E-state index contributed by atoms with van der Waals surface area (Å²) in [6.07, 6.45) is 3.35. The summed E-state index contributed by atoms with van der Waals surface area (Å²) < 4.78 is 26.1. The number of hydrogen-bond acceptors (Lipinski definition) is 7. The molecule has 1 saturated heterocycles. The summed E-state index contributed by atoms with van der Waals surface area (Å²) in [6.45, 7) is 0.312. The van der Waals surface area contributed by atoms with Crippen LogP contribution in [-0.2, 0) is 27.2 Å². The molecule has 2 atom stereocenters. The first-order valence-corrected chi connectivity index (χ1v) is 13.7. The lowest BCUT2D eigenvalue weighted by atomic mass is 10.1. The minimum absolute atomic E-state index is 0.00913. The summed E-state index contributed by atoms with van der Waals surface area (Å²) in [6, 6.07) is 9.10. The van der Waals surface area contributed by atoms with Crippen molar-refractivity contribution in [3.63, 3.8) is 0 Å². The highest BCUT2D eigenvalue weighted by atomic mass is 35.5. The predicted octanol–water partition coefficient (Wildman–Crippen LogP) is 5.48. The molecule has 9 nitrogen and oxygen atoms in total. The number of likely N-dealkylation sites (tertiary alicyclic amines) is 1. The summed E-state index contributed by atoms with van der Waals surface area (Å²) >= 11 is 7.75. The van der Waals surface area contributed by atoms with E-state index >= 15 is 4.39 Å². The van der Waals surface area contributed by atoms with Gasteiger partial charge in [0.15, 0.2) is 0 Å². The van der Waals surface area contributed by atoms with Crippen molar-refractivity contribution in [2.24, 2.45) is 0 Å². The van der Waals surface area contributed by atoms with Gasteiger partial charge in [-0.25, -0.2) is 9.37 Å². The van der Waals surface area contributed by atoms with Gasteiger partial charge in [0.05, 0.1) is 41.3 Å².